The number of nitrogens with one attached hydrogen (secondary N) is 1. The summed E-state index contributed by atoms with van der Waals surface area (Å²) in [4.78, 5) is 23.1. The number of hydrogen-bond acceptors (Lipinski definition) is 7. The number of anilines is 1. The fraction of sp³-hybridized carbons (Fsp3) is 0.200. The molecule has 29 heavy (non-hydrogen) atoms. The number of carbonyl (C=O) groups is 1. The molecule has 0 aliphatic rings. The standard InChI is InChI=1S/C20H20N6O2S/c1-28-10-5-9-22-20(27)16-17-19(25-15-8-3-2-7-14(15)24-17)26(18(16)21)23-12-13-6-4-11-29-13/h2-4,6-8,11-12H,5,9-10,21H2,1H3,(H,22,27)/b23-12+. The first-order valence-electron chi connectivity index (χ1n) is 9.10. The summed E-state index contributed by atoms with van der Waals surface area (Å²) in [6.07, 6.45) is 2.39. The molecule has 3 N–H and O–H groups in total. The highest BCUT2D eigenvalue weighted by molar-refractivity contribution is 7.11. The molecule has 0 saturated carbocycles. The lowest BCUT2D eigenvalue weighted by Gasteiger charge is -2.05. The van der Waals surface area contributed by atoms with Gasteiger partial charge in [-0.25, -0.2) is 9.97 Å². The number of nitrogens with zero attached hydrogens (tertiary/aromatic N) is 4. The van der Waals surface area contributed by atoms with Gasteiger partial charge in [-0.3, -0.25) is 4.79 Å². The average molecular weight is 408 g/mol. The Morgan fingerprint density at radius 2 is 2.07 bits per heavy atom. The van der Waals surface area contributed by atoms with Crippen molar-refractivity contribution < 1.29 is 9.53 Å². The van der Waals surface area contributed by atoms with Gasteiger partial charge < -0.3 is 15.8 Å². The van der Waals surface area contributed by atoms with Gasteiger partial charge in [0.2, 0.25) is 0 Å². The third-order valence-corrected chi connectivity index (χ3v) is 5.16. The van der Waals surface area contributed by atoms with Crippen molar-refractivity contribution in [3.63, 3.8) is 0 Å². The first-order valence-corrected chi connectivity index (χ1v) is 9.98. The molecule has 1 amide bonds. The number of fused-ring (bicyclic) bond motifs is 2. The van der Waals surface area contributed by atoms with Gasteiger partial charge in [0.25, 0.3) is 5.91 Å². The van der Waals surface area contributed by atoms with Gasteiger partial charge >= 0.3 is 0 Å². The summed E-state index contributed by atoms with van der Waals surface area (Å²) in [5.41, 5.74) is 8.87. The number of aromatic nitrogens is 3. The Balaban J connectivity index is 1.81. The Labute approximate surface area is 171 Å². The number of amides is 1. The van der Waals surface area contributed by atoms with Crippen LogP contribution in [0.4, 0.5) is 5.82 Å². The number of methoxy groups -OCH3 is 1. The molecule has 4 rings (SSSR count). The number of ether oxygens (including phenoxy) is 1. The van der Waals surface area contributed by atoms with Gasteiger partial charge in [-0.2, -0.15) is 9.78 Å². The smallest absolute Gasteiger partial charge is 0.257 e. The van der Waals surface area contributed by atoms with E-state index in [9.17, 15) is 4.79 Å². The number of carbonyl (C=O) groups excluding carboxylic acids is 1. The zero-order valence-corrected chi connectivity index (χ0v) is 16.6. The summed E-state index contributed by atoms with van der Waals surface area (Å²) in [6, 6.07) is 11.4. The van der Waals surface area contributed by atoms with Crippen LogP contribution in [-0.2, 0) is 4.74 Å². The number of rotatable bonds is 7. The van der Waals surface area contributed by atoms with Crippen LogP contribution in [0.25, 0.3) is 22.2 Å². The summed E-state index contributed by atoms with van der Waals surface area (Å²) in [7, 11) is 1.62. The van der Waals surface area contributed by atoms with Crippen molar-refractivity contribution in [2.45, 2.75) is 6.42 Å². The molecule has 4 aromatic rings. The molecule has 3 heterocycles. The van der Waals surface area contributed by atoms with Crippen LogP contribution in [-0.4, -0.2) is 47.0 Å². The van der Waals surface area contributed by atoms with E-state index in [2.05, 4.69) is 20.4 Å². The zero-order chi connectivity index (χ0) is 20.2. The molecule has 8 nitrogen and oxygen atoms in total. The molecule has 0 radical (unpaired) electrons. The lowest BCUT2D eigenvalue weighted by Crippen LogP contribution is -2.26. The SMILES string of the molecule is COCCCNC(=O)c1c(N)n(/N=C/c2cccs2)c2nc3ccccc3nc12. The molecule has 0 spiro atoms. The van der Waals surface area contributed by atoms with Crippen molar-refractivity contribution in [1.82, 2.24) is 20.0 Å². The van der Waals surface area contributed by atoms with Crippen LogP contribution >= 0.6 is 11.3 Å². The van der Waals surface area contributed by atoms with Gasteiger partial charge in [0.15, 0.2) is 5.65 Å². The van der Waals surface area contributed by atoms with Crippen molar-refractivity contribution in [2.24, 2.45) is 5.10 Å². The van der Waals surface area contributed by atoms with Gasteiger partial charge in [-0.1, -0.05) is 18.2 Å². The third kappa shape index (κ3) is 3.82. The number of nitrogen functional groups attached to an aromatic ring is 1. The monoisotopic (exact) mass is 408 g/mol. The molecule has 1 aromatic carbocycles. The van der Waals surface area contributed by atoms with E-state index >= 15 is 0 Å². The number of para-hydroxylation sites is 2. The van der Waals surface area contributed by atoms with Crippen molar-refractivity contribution in [1.29, 1.82) is 0 Å². The van der Waals surface area contributed by atoms with Crippen LogP contribution in [0.2, 0.25) is 0 Å². The summed E-state index contributed by atoms with van der Waals surface area (Å²) in [5.74, 6) is -0.106. The molecule has 148 valence electrons. The molecule has 0 unspecified atom stereocenters. The summed E-state index contributed by atoms with van der Waals surface area (Å²) in [6.45, 7) is 1.03. The van der Waals surface area contributed by atoms with Gasteiger partial charge in [0.05, 0.1) is 17.2 Å². The van der Waals surface area contributed by atoms with Gasteiger partial charge in [-0.05, 0) is 30.0 Å². The van der Waals surface area contributed by atoms with Crippen LogP contribution in [0, 0.1) is 0 Å². The normalized spacial score (nSPS) is 11.6. The van der Waals surface area contributed by atoms with Crippen LogP contribution in [0.3, 0.4) is 0 Å². The lowest BCUT2D eigenvalue weighted by atomic mass is 10.2. The predicted molar refractivity (Wildman–Crippen MR) is 116 cm³/mol. The second-order valence-corrected chi connectivity index (χ2v) is 7.30. The van der Waals surface area contributed by atoms with Gasteiger partial charge in [-0.15, -0.1) is 11.3 Å². The molecule has 0 aliphatic carbocycles. The fourth-order valence-electron chi connectivity index (χ4n) is 2.97. The molecule has 3 aromatic heterocycles. The summed E-state index contributed by atoms with van der Waals surface area (Å²) < 4.78 is 6.49. The highest BCUT2D eigenvalue weighted by atomic mass is 32.1. The molecule has 0 fully saturated rings. The van der Waals surface area contributed by atoms with Crippen LogP contribution in [0.1, 0.15) is 21.7 Å². The van der Waals surface area contributed by atoms with E-state index in [4.69, 9.17) is 10.5 Å². The van der Waals surface area contributed by atoms with Gasteiger partial charge in [0.1, 0.15) is 16.9 Å². The van der Waals surface area contributed by atoms with E-state index in [0.717, 1.165) is 4.88 Å². The fourth-order valence-corrected chi connectivity index (χ4v) is 3.55. The zero-order valence-electron chi connectivity index (χ0n) is 15.8. The molecule has 0 saturated heterocycles. The van der Waals surface area contributed by atoms with Crippen molar-refractivity contribution in [3.8, 4) is 0 Å². The lowest BCUT2D eigenvalue weighted by molar-refractivity contribution is 0.0951. The number of thiophene rings is 1. The first-order chi connectivity index (χ1) is 14.2. The Bertz CT molecular complexity index is 1180. The number of benzene rings is 1. The Hall–Kier alpha value is -3.30. The topological polar surface area (TPSA) is 107 Å². The maximum Gasteiger partial charge on any atom is 0.257 e. The average Bonchev–Trinajstić information content (AvgIpc) is 3.33. The second-order valence-electron chi connectivity index (χ2n) is 6.32. The third-order valence-electron chi connectivity index (χ3n) is 4.36. The maximum atomic E-state index is 12.9. The minimum Gasteiger partial charge on any atom is -0.385 e. The molecule has 0 bridgehead atoms. The van der Waals surface area contributed by atoms with E-state index in [1.54, 1.807) is 24.7 Å². The van der Waals surface area contributed by atoms with E-state index in [1.165, 1.54) is 4.68 Å². The minimum absolute atomic E-state index is 0.201. The van der Waals surface area contributed by atoms with Crippen LogP contribution in [0.15, 0.2) is 46.9 Å². The number of hydrogen-bond donors (Lipinski definition) is 2. The molecule has 0 aliphatic heterocycles. The highest BCUT2D eigenvalue weighted by Crippen LogP contribution is 2.27. The molecule has 9 heteroatoms. The van der Waals surface area contributed by atoms with Gasteiger partial charge in [0, 0.05) is 25.1 Å². The summed E-state index contributed by atoms with van der Waals surface area (Å²) in [5, 5.41) is 9.30. The minimum atomic E-state index is -0.307. The molecular weight excluding hydrogens is 388 g/mol. The van der Waals surface area contributed by atoms with E-state index in [-0.39, 0.29) is 17.3 Å². The van der Waals surface area contributed by atoms with E-state index in [1.807, 2.05) is 41.8 Å². The largest absolute Gasteiger partial charge is 0.385 e. The van der Waals surface area contributed by atoms with Crippen LogP contribution < -0.4 is 11.1 Å². The summed E-state index contributed by atoms with van der Waals surface area (Å²) >= 11 is 1.55. The van der Waals surface area contributed by atoms with Crippen molar-refractivity contribution in [3.05, 3.63) is 52.2 Å². The first kappa shape index (κ1) is 19.0. The Kier molecular flexibility index (Phi) is 5.50. The molecular formula is C20H20N6O2S. The predicted octanol–water partition coefficient (Wildman–Crippen LogP) is 2.88. The van der Waals surface area contributed by atoms with E-state index in [0.29, 0.717) is 41.8 Å². The Morgan fingerprint density at radius 3 is 2.79 bits per heavy atom. The Morgan fingerprint density at radius 1 is 1.28 bits per heavy atom. The van der Waals surface area contributed by atoms with Crippen molar-refractivity contribution >= 4 is 51.5 Å². The second kappa shape index (κ2) is 8.38. The van der Waals surface area contributed by atoms with Crippen LogP contribution in [0.5, 0.6) is 0 Å². The van der Waals surface area contributed by atoms with E-state index < -0.39 is 0 Å². The highest BCUT2D eigenvalue weighted by Gasteiger charge is 2.23. The number of nitrogens with two attached hydrogens (primary N) is 1. The quantitative estimate of drug-likeness (QED) is 0.361. The van der Waals surface area contributed by atoms with Crippen molar-refractivity contribution in [2.75, 3.05) is 26.0 Å². The maximum absolute atomic E-state index is 12.9. The molecule has 0 atom stereocenters.